The smallest absolute Gasteiger partial charge is 0.222 e. The number of aromatic amines is 1. The Labute approximate surface area is 146 Å². The standard InChI is InChI=1S/C19H22N4O2/c1-4-10-25-18-14(6-5-7-17(18)24-3)12-20-23-19-21-15-9-8-13(2)11-16(15)22-19/h5-9,11-12H,4,10H2,1-3H3,(H2,21,22,23)/b20-12-. The van der Waals surface area contributed by atoms with Crippen molar-refractivity contribution in [3.05, 3.63) is 47.5 Å². The van der Waals surface area contributed by atoms with Gasteiger partial charge in [-0.3, -0.25) is 0 Å². The Morgan fingerprint density at radius 2 is 2.16 bits per heavy atom. The summed E-state index contributed by atoms with van der Waals surface area (Å²) >= 11 is 0. The van der Waals surface area contributed by atoms with E-state index in [9.17, 15) is 0 Å². The third-order valence-corrected chi connectivity index (χ3v) is 3.69. The van der Waals surface area contributed by atoms with E-state index in [-0.39, 0.29) is 0 Å². The number of anilines is 1. The Morgan fingerprint density at radius 1 is 1.28 bits per heavy atom. The van der Waals surface area contributed by atoms with E-state index in [0.717, 1.165) is 23.0 Å². The van der Waals surface area contributed by atoms with Crippen molar-refractivity contribution >= 4 is 23.2 Å². The summed E-state index contributed by atoms with van der Waals surface area (Å²) in [5.74, 6) is 1.98. The molecule has 0 fully saturated rings. The fourth-order valence-electron chi connectivity index (χ4n) is 2.49. The van der Waals surface area contributed by atoms with Crippen molar-refractivity contribution in [1.29, 1.82) is 0 Å². The zero-order chi connectivity index (χ0) is 17.6. The number of fused-ring (bicyclic) bond motifs is 1. The Kier molecular flexibility index (Phi) is 5.18. The number of nitrogens with one attached hydrogen (secondary N) is 2. The summed E-state index contributed by atoms with van der Waals surface area (Å²) in [4.78, 5) is 7.66. The summed E-state index contributed by atoms with van der Waals surface area (Å²) in [7, 11) is 1.63. The summed E-state index contributed by atoms with van der Waals surface area (Å²) in [5, 5.41) is 4.27. The number of ether oxygens (including phenoxy) is 2. The molecule has 0 amide bonds. The molecular formula is C19H22N4O2. The van der Waals surface area contributed by atoms with Crippen LogP contribution in [-0.2, 0) is 0 Å². The molecule has 0 spiro atoms. The van der Waals surface area contributed by atoms with E-state index in [2.05, 4.69) is 33.5 Å². The number of para-hydroxylation sites is 1. The molecular weight excluding hydrogens is 316 g/mol. The summed E-state index contributed by atoms with van der Waals surface area (Å²) < 4.78 is 11.2. The van der Waals surface area contributed by atoms with Gasteiger partial charge in [0.05, 0.1) is 31.0 Å². The van der Waals surface area contributed by atoms with Crippen LogP contribution in [0.1, 0.15) is 24.5 Å². The normalized spacial score (nSPS) is 11.2. The van der Waals surface area contributed by atoms with Gasteiger partial charge in [-0.15, -0.1) is 0 Å². The van der Waals surface area contributed by atoms with Gasteiger partial charge in [0.15, 0.2) is 11.5 Å². The highest BCUT2D eigenvalue weighted by molar-refractivity contribution is 5.85. The SMILES string of the molecule is CCCOc1c(/C=N\Nc2nc3ccc(C)cc3[nH]2)cccc1OC. The van der Waals surface area contributed by atoms with E-state index in [1.807, 2.05) is 37.3 Å². The van der Waals surface area contributed by atoms with Gasteiger partial charge < -0.3 is 14.5 Å². The van der Waals surface area contributed by atoms with Gasteiger partial charge in [-0.05, 0) is 43.2 Å². The van der Waals surface area contributed by atoms with E-state index in [1.54, 1.807) is 13.3 Å². The number of aromatic nitrogens is 2. The third kappa shape index (κ3) is 3.91. The molecule has 2 aromatic carbocycles. The molecule has 0 atom stereocenters. The van der Waals surface area contributed by atoms with E-state index in [4.69, 9.17) is 9.47 Å². The number of imidazole rings is 1. The second-order valence-corrected chi connectivity index (χ2v) is 5.70. The number of benzene rings is 2. The van der Waals surface area contributed by atoms with Crippen molar-refractivity contribution in [3.8, 4) is 11.5 Å². The Bertz CT molecular complexity index is 886. The first-order valence-electron chi connectivity index (χ1n) is 8.26. The lowest BCUT2D eigenvalue weighted by molar-refractivity contribution is 0.294. The Hall–Kier alpha value is -3.02. The summed E-state index contributed by atoms with van der Waals surface area (Å²) in [6.45, 7) is 4.73. The van der Waals surface area contributed by atoms with Crippen molar-refractivity contribution in [2.24, 2.45) is 5.10 Å². The maximum atomic E-state index is 5.80. The van der Waals surface area contributed by atoms with Crippen LogP contribution in [-0.4, -0.2) is 29.9 Å². The lowest BCUT2D eigenvalue weighted by atomic mass is 10.2. The van der Waals surface area contributed by atoms with Crippen LogP contribution in [0.25, 0.3) is 11.0 Å². The fourth-order valence-corrected chi connectivity index (χ4v) is 2.49. The summed E-state index contributed by atoms with van der Waals surface area (Å²) in [5.41, 5.74) is 6.83. The molecule has 0 bridgehead atoms. The van der Waals surface area contributed by atoms with Crippen LogP contribution < -0.4 is 14.9 Å². The van der Waals surface area contributed by atoms with Gasteiger partial charge in [0.1, 0.15) is 0 Å². The highest BCUT2D eigenvalue weighted by Crippen LogP contribution is 2.30. The van der Waals surface area contributed by atoms with Crippen molar-refractivity contribution in [1.82, 2.24) is 9.97 Å². The van der Waals surface area contributed by atoms with E-state index in [0.29, 0.717) is 24.1 Å². The molecule has 6 nitrogen and oxygen atoms in total. The maximum Gasteiger partial charge on any atom is 0.222 e. The molecule has 0 aliphatic heterocycles. The van der Waals surface area contributed by atoms with Gasteiger partial charge in [-0.1, -0.05) is 19.1 Å². The number of hydrogen-bond donors (Lipinski definition) is 2. The number of H-pyrrole nitrogens is 1. The van der Waals surface area contributed by atoms with Crippen molar-refractivity contribution in [2.75, 3.05) is 19.1 Å². The number of aryl methyl sites for hydroxylation is 1. The van der Waals surface area contributed by atoms with Crippen LogP contribution in [0.15, 0.2) is 41.5 Å². The highest BCUT2D eigenvalue weighted by Gasteiger charge is 2.09. The molecule has 3 rings (SSSR count). The van der Waals surface area contributed by atoms with Gasteiger partial charge in [0, 0.05) is 5.56 Å². The Morgan fingerprint density at radius 3 is 2.96 bits per heavy atom. The molecule has 0 unspecified atom stereocenters. The van der Waals surface area contributed by atoms with Crippen molar-refractivity contribution in [3.63, 3.8) is 0 Å². The van der Waals surface area contributed by atoms with Crippen LogP contribution >= 0.6 is 0 Å². The predicted molar refractivity (Wildman–Crippen MR) is 101 cm³/mol. The summed E-state index contributed by atoms with van der Waals surface area (Å²) in [6.07, 6.45) is 2.62. The quantitative estimate of drug-likeness (QED) is 0.502. The summed E-state index contributed by atoms with van der Waals surface area (Å²) in [6, 6.07) is 11.8. The average molecular weight is 338 g/mol. The van der Waals surface area contributed by atoms with Crippen molar-refractivity contribution in [2.45, 2.75) is 20.3 Å². The molecule has 130 valence electrons. The molecule has 0 saturated carbocycles. The van der Waals surface area contributed by atoms with Crippen LogP contribution in [0.4, 0.5) is 5.95 Å². The minimum absolute atomic E-state index is 0.593. The van der Waals surface area contributed by atoms with Crippen LogP contribution in [0.2, 0.25) is 0 Å². The number of hydrazone groups is 1. The third-order valence-electron chi connectivity index (χ3n) is 3.69. The van der Waals surface area contributed by atoms with Gasteiger partial charge in [0.25, 0.3) is 0 Å². The van der Waals surface area contributed by atoms with E-state index < -0.39 is 0 Å². The average Bonchev–Trinajstić information content (AvgIpc) is 3.02. The molecule has 6 heteroatoms. The topological polar surface area (TPSA) is 71.5 Å². The van der Waals surface area contributed by atoms with Gasteiger partial charge in [-0.25, -0.2) is 10.4 Å². The maximum absolute atomic E-state index is 5.80. The van der Waals surface area contributed by atoms with Crippen molar-refractivity contribution < 1.29 is 9.47 Å². The molecule has 1 aromatic heterocycles. The molecule has 3 aromatic rings. The van der Waals surface area contributed by atoms with Crippen LogP contribution in [0, 0.1) is 6.92 Å². The van der Waals surface area contributed by atoms with Crippen LogP contribution in [0.3, 0.4) is 0 Å². The highest BCUT2D eigenvalue weighted by atomic mass is 16.5. The van der Waals surface area contributed by atoms with E-state index >= 15 is 0 Å². The second-order valence-electron chi connectivity index (χ2n) is 5.70. The lowest BCUT2D eigenvalue weighted by Crippen LogP contribution is -2.02. The zero-order valence-corrected chi connectivity index (χ0v) is 14.7. The number of rotatable bonds is 7. The molecule has 0 aliphatic rings. The molecule has 25 heavy (non-hydrogen) atoms. The predicted octanol–water partition coefficient (Wildman–Crippen LogP) is 4.11. The first kappa shape index (κ1) is 16.8. The lowest BCUT2D eigenvalue weighted by Gasteiger charge is -2.12. The first-order chi connectivity index (χ1) is 12.2. The molecule has 0 radical (unpaired) electrons. The van der Waals surface area contributed by atoms with E-state index in [1.165, 1.54) is 5.56 Å². The fraction of sp³-hybridized carbons (Fsp3) is 0.263. The monoisotopic (exact) mass is 338 g/mol. The molecule has 0 saturated heterocycles. The van der Waals surface area contributed by atoms with Gasteiger partial charge in [-0.2, -0.15) is 5.10 Å². The number of hydrogen-bond acceptors (Lipinski definition) is 5. The Balaban J connectivity index is 1.78. The number of methoxy groups -OCH3 is 1. The molecule has 1 heterocycles. The largest absolute Gasteiger partial charge is 0.493 e. The number of nitrogens with zero attached hydrogens (tertiary/aromatic N) is 2. The molecule has 2 N–H and O–H groups in total. The zero-order valence-electron chi connectivity index (χ0n) is 14.7. The van der Waals surface area contributed by atoms with Crippen LogP contribution in [0.5, 0.6) is 11.5 Å². The van der Waals surface area contributed by atoms with Gasteiger partial charge in [0.2, 0.25) is 5.95 Å². The minimum atomic E-state index is 0.593. The minimum Gasteiger partial charge on any atom is -0.493 e. The first-order valence-corrected chi connectivity index (χ1v) is 8.26. The molecule has 0 aliphatic carbocycles. The van der Waals surface area contributed by atoms with Gasteiger partial charge >= 0.3 is 0 Å². The second kappa shape index (κ2) is 7.70.